The molecule has 0 spiro atoms. The number of carbonyl (C=O) groups excluding carboxylic acids is 2. The van der Waals surface area contributed by atoms with Gasteiger partial charge in [0.25, 0.3) is 0 Å². The number of amides is 2. The number of carbonyl (C=O) groups is 2. The minimum Gasteiger partial charge on any atom is -0.497 e. The molecule has 0 radical (unpaired) electrons. The Balaban J connectivity index is 1.79. The molecule has 35 heavy (non-hydrogen) atoms. The first-order valence-electron chi connectivity index (χ1n) is 12.0. The van der Waals surface area contributed by atoms with Gasteiger partial charge < -0.3 is 15.0 Å². The lowest BCUT2D eigenvalue weighted by atomic mass is 10.0. The molecular weight excluding hydrogens is 456 g/mol. The van der Waals surface area contributed by atoms with Crippen molar-refractivity contribution in [3.05, 3.63) is 102 Å². The van der Waals surface area contributed by atoms with E-state index in [4.69, 9.17) is 4.74 Å². The van der Waals surface area contributed by atoms with Crippen LogP contribution in [0.2, 0.25) is 0 Å². The number of likely N-dealkylation sites (N-methyl/N-ethyl adjacent to an activating group) is 1. The zero-order chi connectivity index (χ0) is 24.9. The van der Waals surface area contributed by atoms with Gasteiger partial charge in [0.05, 0.1) is 7.11 Å². The fourth-order valence-corrected chi connectivity index (χ4v) is 4.77. The summed E-state index contributed by atoms with van der Waals surface area (Å²) in [5, 5.41) is 2.94. The summed E-state index contributed by atoms with van der Waals surface area (Å²) in [4.78, 5) is 28.5. The molecule has 184 valence electrons. The number of benzene rings is 3. The van der Waals surface area contributed by atoms with E-state index < -0.39 is 6.04 Å². The van der Waals surface area contributed by atoms with Gasteiger partial charge in [-0.05, 0) is 35.7 Å². The first-order chi connectivity index (χ1) is 17.1. The van der Waals surface area contributed by atoms with Crippen molar-refractivity contribution in [2.75, 3.05) is 19.4 Å². The summed E-state index contributed by atoms with van der Waals surface area (Å²) >= 11 is 1.73. The molecule has 1 atom stereocenters. The normalized spacial score (nSPS) is 11.5. The minimum atomic E-state index is -0.602. The number of thioether (sulfide) groups is 1. The van der Waals surface area contributed by atoms with Gasteiger partial charge in [-0.25, -0.2) is 0 Å². The van der Waals surface area contributed by atoms with Crippen molar-refractivity contribution < 1.29 is 14.3 Å². The second-order valence-corrected chi connectivity index (χ2v) is 9.37. The highest BCUT2D eigenvalue weighted by atomic mass is 32.2. The van der Waals surface area contributed by atoms with Crippen molar-refractivity contribution in [3.63, 3.8) is 0 Å². The van der Waals surface area contributed by atoms with E-state index >= 15 is 0 Å². The standard InChI is InChI=1S/C29H34N2O3S/c1-3-30-29(33)27(20-23-11-6-4-7-12-23)31(21-25-15-10-16-26(19-25)34-2)28(32)17-18-35-22-24-13-8-5-9-14-24/h4-16,19,27H,3,17-18,20-22H2,1-2H3,(H,30,33)/t27-/m0/s1. The van der Waals surface area contributed by atoms with Gasteiger partial charge in [-0.15, -0.1) is 0 Å². The molecule has 3 rings (SSSR count). The number of hydrogen-bond acceptors (Lipinski definition) is 4. The van der Waals surface area contributed by atoms with Gasteiger partial charge in [0.1, 0.15) is 11.8 Å². The second kappa shape index (κ2) is 14.2. The Morgan fingerprint density at radius 1 is 0.914 bits per heavy atom. The lowest BCUT2D eigenvalue weighted by Gasteiger charge is -2.31. The largest absolute Gasteiger partial charge is 0.497 e. The molecule has 1 N–H and O–H groups in total. The highest BCUT2D eigenvalue weighted by Crippen LogP contribution is 2.20. The van der Waals surface area contributed by atoms with Crippen LogP contribution in [0.5, 0.6) is 5.75 Å². The van der Waals surface area contributed by atoms with Crippen molar-refractivity contribution in [2.24, 2.45) is 0 Å². The minimum absolute atomic E-state index is 0.0273. The molecule has 3 aromatic carbocycles. The van der Waals surface area contributed by atoms with Crippen molar-refractivity contribution in [1.29, 1.82) is 0 Å². The quantitative estimate of drug-likeness (QED) is 0.339. The summed E-state index contributed by atoms with van der Waals surface area (Å²) < 4.78 is 5.37. The van der Waals surface area contributed by atoms with Gasteiger partial charge in [-0.1, -0.05) is 72.8 Å². The van der Waals surface area contributed by atoms with E-state index in [1.807, 2.05) is 79.7 Å². The Morgan fingerprint density at radius 3 is 2.23 bits per heavy atom. The molecule has 0 aliphatic carbocycles. The molecule has 6 heteroatoms. The van der Waals surface area contributed by atoms with Crippen LogP contribution >= 0.6 is 11.8 Å². The topological polar surface area (TPSA) is 58.6 Å². The van der Waals surface area contributed by atoms with Gasteiger partial charge >= 0.3 is 0 Å². The molecule has 0 fully saturated rings. The van der Waals surface area contributed by atoms with Crippen LogP contribution in [0.15, 0.2) is 84.9 Å². The van der Waals surface area contributed by atoms with Gasteiger partial charge in [-0.2, -0.15) is 11.8 Å². The summed E-state index contributed by atoms with van der Waals surface area (Å²) in [6.07, 6.45) is 0.825. The van der Waals surface area contributed by atoms with E-state index in [1.54, 1.807) is 23.8 Å². The molecule has 0 aliphatic heterocycles. The smallest absolute Gasteiger partial charge is 0.243 e. The molecule has 0 aromatic heterocycles. The van der Waals surface area contributed by atoms with Crippen molar-refractivity contribution in [3.8, 4) is 5.75 Å². The van der Waals surface area contributed by atoms with Crippen molar-refractivity contribution in [1.82, 2.24) is 10.2 Å². The highest BCUT2D eigenvalue weighted by molar-refractivity contribution is 7.98. The number of ether oxygens (including phenoxy) is 1. The third-order valence-corrected chi connectivity index (χ3v) is 6.71. The van der Waals surface area contributed by atoms with Crippen LogP contribution in [0.3, 0.4) is 0 Å². The Bertz CT molecular complexity index is 1060. The van der Waals surface area contributed by atoms with Crippen molar-refractivity contribution in [2.45, 2.75) is 38.1 Å². The second-order valence-electron chi connectivity index (χ2n) is 8.26. The van der Waals surface area contributed by atoms with Gasteiger partial charge in [0, 0.05) is 37.4 Å². The predicted molar refractivity (Wildman–Crippen MR) is 143 cm³/mol. The van der Waals surface area contributed by atoms with Crippen LogP contribution in [0.4, 0.5) is 0 Å². The third kappa shape index (κ3) is 8.48. The molecule has 0 saturated carbocycles. The van der Waals surface area contributed by atoms with E-state index in [1.165, 1.54) is 5.56 Å². The van der Waals surface area contributed by atoms with Crippen LogP contribution in [0, 0.1) is 0 Å². The van der Waals surface area contributed by atoms with Gasteiger partial charge in [0.15, 0.2) is 0 Å². The fraction of sp³-hybridized carbons (Fsp3) is 0.310. The molecule has 0 heterocycles. The van der Waals surface area contributed by atoms with Crippen molar-refractivity contribution >= 4 is 23.6 Å². The summed E-state index contributed by atoms with van der Waals surface area (Å²) in [7, 11) is 1.62. The Morgan fingerprint density at radius 2 is 1.57 bits per heavy atom. The molecule has 0 aliphatic rings. The molecular formula is C29H34N2O3S. The lowest BCUT2D eigenvalue weighted by Crippen LogP contribution is -2.50. The highest BCUT2D eigenvalue weighted by Gasteiger charge is 2.30. The van der Waals surface area contributed by atoms with E-state index in [2.05, 4.69) is 17.4 Å². The maximum Gasteiger partial charge on any atom is 0.243 e. The first kappa shape index (κ1) is 26.4. The fourth-order valence-electron chi connectivity index (χ4n) is 3.88. The van der Waals surface area contributed by atoms with Crippen LogP contribution in [0.25, 0.3) is 0 Å². The third-order valence-electron chi connectivity index (χ3n) is 5.68. The van der Waals surface area contributed by atoms with Gasteiger partial charge in [0.2, 0.25) is 11.8 Å². The number of nitrogens with one attached hydrogen (secondary N) is 1. The average Bonchev–Trinajstić information content (AvgIpc) is 2.90. The molecule has 0 saturated heterocycles. The Hall–Kier alpha value is -3.25. The monoisotopic (exact) mass is 490 g/mol. The molecule has 0 bridgehead atoms. The maximum absolute atomic E-state index is 13.6. The Labute approximate surface area is 212 Å². The zero-order valence-corrected chi connectivity index (χ0v) is 21.3. The summed E-state index contributed by atoms with van der Waals surface area (Å²) in [5.41, 5.74) is 3.19. The van der Waals surface area contributed by atoms with Crippen LogP contribution in [0.1, 0.15) is 30.0 Å². The average molecular weight is 491 g/mol. The number of rotatable bonds is 13. The Kier molecular flexibility index (Phi) is 10.7. The lowest BCUT2D eigenvalue weighted by molar-refractivity contribution is -0.140. The van der Waals surface area contributed by atoms with Gasteiger partial charge in [-0.3, -0.25) is 9.59 Å². The molecule has 2 amide bonds. The van der Waals surface area contributed by atoms with E-state index in [0.29, 0.717) is 31.7 Å². The predicted octanol–water partition coefficient (Wildman–Crippen LogP) is 5.09. The van der Waals surface area contributed by atoms with Crippen LogP contribution in [-0.4, -0.2) is 42.2 Å². The van der Waals surface area contributed by atoms with Crippen LogP contribution in [-0.2, 0) is 28.3 Å². The number of hydrogen-bond donors (Lipinski definition) is 1. The zero-order valence-electron chi connectivity index (χ0n) is 20.5. The number of nitrogens with zero attached hydrogens (tertiary/aromatic N) is 1. The summed E-state index contributed by atoms with van der Waals surface area (Å²) in [5.74, 6) is 2.11. The summed E-state index contributed by atoms with van der Waals surface area (Å²) in [6, 6.07) is 27.2. The van der Waals surface area contributed by atoms with E-state index in [-0.39, 0.29) is 11.8 Å². The SMILES string of the molecule is CCNC(=O)[C@H](Cc1ccccc1)N(Cc1cccc(OC)c1)C(=O)CCSCc1ccccc1. The number of methoxy groups -OCH3 is 1. The van der Waals surface area contributed by atoms with Crippen LogP contribution < -0.4 is 10.1 Å². The molecule has 0 unspecified atom stereocenters. The van der Waals surface area contributed by atoms with E-state index in [9.17, 15) is 9.59 Å². The first-order valence-corrected chi connectivity index (χ1v) is 13.1. The molecule has 3 aromatic rings. The molecule has 5 nitrogen and oxygen atoms in total. The maximum atomic E-state index is 13.6. The summed E-state index contributed by atoms with van der Waals surface area (Å²) in [6.45, 7) is 2.75. The van der Waals surface area contributed by atoms with E-state index in [0.717, 1.165) is 22.6 Å².